The van der Waals surface area contributed by atoms with Crippen LogP contribution in [-0.2, 0) is 29.2 Å². The molecule has 0 aromatic heterocycles. The second-order valence-electron chi connectivity index (χ2n) is 7.26. The van der Waals surface area contributed by atoms with Crippen molar-refractivity contribution in [1.29, 1.82) is 0 Å². The SMILES string of the molecule is O=C(NCc1ccc(COCC(F)(F)F)cc1)C1CCCN1Cc1ccccc1. The van der Waals surface area contributed by atoms with Crippen molar-refractivity contribution in [2.24, 2.45) is 0 Å². The third-order valence-corrected chi connectivity index (χ3v) is 4.92. The zero-order valence-corrected chi connectivity index (χ0v) is 16.1. The first kappa shape index (κ1) is 21.3. The van der Waals surface area contributed by atoms with Gasteiger partial charge in [-0.25, -0.2) is 0 Å². The Balaban J connectivity index is 1.46. The summed E-state index contributed by atoms with van der Waals surface area (Å²) in [6.45, 7) is 0.692. The number of hydrogen-bond acceptors (Lipinski definition) is 3. The van der Waals surface area contributed by atoms with Crippen LogP contribution >= 0.6 is 0 Å². The molecule has 0 bridgehead atoms. The number of alkyl halides is 3. The predicted molar refractivity (Wildman–Crippen MR) is 104 cm³/mol. The lowest BCUT2D eigenvalue weighted by molar-refractivity contribution is -0.176. The summed E-state index contributed by atoms with van der Waals surface area (Å²) < 4.78 is 41.0. The number of hydrogen-bond donors (Lipinski definition) is 1. The molecule has 1 fully saturated rings. The van der Waals surface area contributed by atoms with E-state index in [9.17, 15) is 18.0 Å². The molecule has 1 heterocycles. The molecule has 0 radical (unpaired) electrons. The van der Waals surface area contributed by atoms with Gasteiger partial charge in [0.1, 0.15) is 6.61 Å². The Morgan fingerprint density at radius 2 is 1.72 bits per heavy atom. The molecule has 7 heteroatoms. The maximum atomic E-state index is 12.6. The molecule has 0 aliphatic carbocycles. The first-order valence-electron chi connectivity index (χ1n) is 9.69. The topological polar surface area (TPSA) is 41.6 Å². The molecule has 0 saturated carbocycles. The standard InChI is InChI=1S/C22H25F3N2O2/c23-22(24,25)16-29-15-19-10-8-17(9-11-19)13-26-21(28)20-7-4-12-27(20)14-18-5-2-1-3-6-18/h1-3,5-6,8-11,20H,4,7,12-16H2,(H,26,28). The lowest BCUT2D eigenvalue weighted by atomic mass is 10.1. The van der Waals surface area contributed by atoms with E-state index in [1.165, 1.54) is 5.56 Å². The smallest absolute Gasteiger partial charge is 0.367 e. The minimum Gasteiger partial charge on any atom is -0.367 e. The zero-order chi connectivity index (χ0) is 20.7. The number of rotatable bonds is 8. The molecular weight excluding hydrogens is 381 g/mol. The number of nitrogens with zero attached hydrogens (tertiary/aromatic N) is 1. The molecule has 1 aliphatic heterocycles. The Hall–Kier alpha value is -2.38. The number of amides is 1. The third-order valence-electron chi connectivity index (χ3n) is 4.92. The Morgan fingerprint density at radius 3 is 2.41 bits per heavy atom. The van der Waals surface area contributed by atoms with E-state index in [0.717, 1.165) is 31.5 Å². The number of halogens is 3. The number of ether oxygens (including phenoxy) is 1. The minimum absolute atomic E-state index is 0.0102. The highest BCUT2D eigenvalue weighted by Crippen LogP contribution is 2.20. The van der Waals surface area contributed by atoms with Gasteiger partial charge in [-0.3, -0.25) is 9.69 Å². The van der Waals surface area contributed by atoms with Gasteiger partial charge < -0.3 is 10.1 Å². The van der Waals surface area contributed by atoms with Crippen LogP contribution in [0, 0.1) is 0 Å². The van der Waals surface area contributed by atoms with Gasteiger partial charge in [-0.2, -0.15) is 13.2 Å². The van der Waals surface area contributed by atoms with Gasteiger partial charge >= 0.3 is 6.18 Å². The van der Waals surface area contributed by atoms with Crippen LogP contribution in [-0.4, -0.2) is 36.2 Å². The first-order chi connectivity index (χ1) is 13.9. The highest BCUT2D eigenvalue weighted by Gasteiger charge is 2.30. The highest BCUT2D eigenvalue weighted by atomic mass is 19.4. The van der Waals surface area contributed by atoms with Crippen LogP contribution in [0.15, 0.2) is 54.6 Å². The lowest BCUT2D eigenvalue weighted by Crippen LogP contribution is -2.42. The first-order valence-corrected chi connectivity index (χ1v) is 9.69. The fourth-order valence-corrected chi connectivity index (χ4v) is 3.48. The summed E-state index contributed by atoms with van der Waals surface area (Å²) in [6.07, 6.45) is -2.48. The quantitative estimate of drug-likeness (QED) is 0.719. The van der Waals surface area contributed by atoms with Crippen LogP contribution in [0.2, 0.25) is 0 Å². The Morgan fingerprint density at radius 1 is 1.03 bits per heavy atom. The van der Waals surface area contributed by atoms with Gasteiger partial charge in [-0.05, 0) is 36.1 Å². The lowest BCUT2D eigenvalue weighted by Gasteiger charge is -2.23. The van der Waals surface area contributed by atoms with Crippen LogP contribution in [0.25, 0.3) is 0 Å². The molecule has 3 rings (SSSR count). The number of carbonyl (C=O) groups excluding carboxylic acids is 1. The van der Waals surface area contributed by atoms with E-state index in [4.69, 9.17) is 0 Å². The summed E-state index contributed by atoms with van der Waals surface area (Å²) in [7, 11) is 0. The fourth-order valence-electron chi connectivity index (χ4n) is 3.48. The van der Waals surface area contributed by atoms with Crippen LogP contribution in [0.3, 0.4) is 0 Å². The summed E-state index contributed by atoms with van der Waals surface area (Å²) in [4.78, 5) is 14.8. The van der Waals surface area contributed by atoms with E-state index in [0.29, 0.717) is 12.1 Å². The third kappa shape index (κ3) is 6.87. The molecule has 1 amide bonds. The fraction of sp³-hybridized carbons (Fsp3) is 0.409. The molecule has 0 spiro atoms. The van der Waals surface area contributed by atoms with Gasteiger partial charge in [0, 0.05) is 13.1 Å². The molecule has 156 valence electrons. The summed E-state index contributed by atoms with van der Waals surface area (Å²) in [5, 5.41) is 2.98. The van der Waals surface area contributed by atoms with Crippen LogP contribution in [0.1, 0.15) is 29.5 Å². The van der Waals surface area contributed by atoms with Gasteiger partial charge in [0.2, 0.25) is 5.91 Å². The normalized spacial score (nSPS) is 17.4. The van der Waals surface area contributed by atoms with Crippen molar-refractivity contribution in [3.05, 3.63) is 71.3 Å². The monoisotopic (exact) mass is 406 g/mol. The number of nitrogens with one attached hydrogen (secondary N) is 1. The number of likely N-dealkylation sites (tertiary alicyclic amines) is 1. The van der Waals surface area contributed by atoms with Crippen molar-refractivity contribution < 1.29 is 22.7 Å². The second-order valence-corrected chi connectivity index (χ2v) is 7.26. The summed E-state index contributed by atoms with van der Waals surface area (Å²) in [6, 6.07) is 17.0. The average molecular weight is 406 g/mol. The molecule has 1 atom stereocenters. The predicted octanol–water partition coefficient (Wildman–Crippen LogP) is 4.05. The largest absolute Gasteiger partial charge is 0.411 e. The van der Waals surface area contributed by atoms with Gasteiger partial charge in [-0.1, -0.05) is 54.6 Å². The van der Waals surface area contributed by atoms with E-state index in [1.807, 2.05) is 18.2 Å². The van der Waals surface area contributed by atoms with Gasteiger partial charge in [-0.15, -0.1) is 0 Å². The Bertz CT molecular complexity index is 779. The molecule has 1 N–H and O–H groups in total. The Kier molecular flexibility index (Phi) is 7.28. The maximum absolute atomic E-state index is 12.6. The van der Waals surface area contributed by atoms with Crippen molar-refractivity contribution in [2.75, 3.05) is 13.2 Å². The van der Waals surface area contributed by atoms with Crippen LogP contribution in [0.5, 0.6) is 0 Å². The van der Waals surface area contributed by atoms with Gasteiger partial charge in [0.15, 0.2) is 0 Å². The van der Waals surface area contributed by atoms with Crippen molar-refractivity contribution in [3.63, 3.8) is 0 Å². The van der Waals surface area contributed by atoms with Crippen LogP contribution < -0.4 is 5.32 Å². The van der Waals surface area contributed by atoms with Crippen molar-refractivity contribution in [2.45, 2.75) is 44.8 Å². The zero-order valence-electron chi connectivity index (χ0n) is 16.1. The van der Waals surface area contributed by atoms with Gasteiger partial charge in [0.05, 0.1) is 12.6 Å². The van der Waals surface area contributed by atoms with E-state index in [2.05, 4.69) is 27.1 Å². The van der Waals surface area contributed by atoms with E-state index < -0.39 is 12.8 Å². The Labute approximate surface area is 168 Å². The minimum atomic E-state index is -4.32. The molecule has 29 heavy (non-hydrogen) atoms. The molecule has 1 unspecified atom stereocenters. The van der Waals surface area contributed by atoms with E-state index in [-0.39, 0.29) is 18.6 Å². The molecule has 1 aliphatic rings. The highest BCUT2D eigenvalue weighted by molar-refractivity contribution is 5.82. The maximum Gasteiger partial charge on any atom is 0.411 e. The van der Waals surface area contributed by atoms with Gasteiger partial charge in [0.25, 0.3) is 0 Å². The average Bonchev–Trinajstić information content (AvgIpc) is 3.15. The van der Waals surface area contributed by atoms with Crippen molar-refractivity contribution >= 4 is 5.91 Å². The second kappa shape index (κ2) is 9.89. The number of carbonyl (C=O) groups is 1. The summed E-state index contributed by atoms with van der Waals surface area (Å²) >= 11 is 0. The number of benzene rings is 2. The molecule has 1 saturated heterocycles. The summed E-state index contributed by atoms with van der Waals surface area (Å²) in [5.74, 6) is 0.0102. The van der Waals surface area contributed by atoms with Crippen LogP contribution in [0.4, 0.5) is 13.2 Å². The van der Waals surface area contributed by atoms with E-state index in [1.54, 1.807) is 24.3 Å². The molecule has 2 aromatic carbocycles. The molecule has 4 nitrogen and oxygen atoms in total. The van der Waals surface area contributed by atoms with E-state index >= 15 is 0 Å². The molecular formula is C22H25F3N2O2. The summed E-state index contributed by atoms with van der Waals surface area (Å²) in [5.41, 5.74) is 2.75. The van der Waals surface area contributed by atoms with Crippen molar-refractivity contribution in [3.8, 4) is 0 Å². The van der Waals surface area contributed by atoms with Crippen molar-refractivity contribution in [1.82, 2.24) is 10.2 Å². The molecule has 2 aromatic rings.